The van der Waals surface area contributed by atoms with Crippen molar-refractivity contribution < 1.29 is 27.3 Å². The number of hydrogen-bond donors (Lipinski definition) is 1. The van der Waals surface area contributed by atoms with Crippen molar-refractivity contribution in [2.24, 2.45) is 4.40 Å². The summed E-state index contributed by atoms with van der Waals surface area (Å²) in [6.07, 6.45) is -5.50. The van der Waals surface area contributed by atoms with Gasteiger partial charge < -0.3 is 9.29 Å². The molecule has 0 aliphatic rings. The summed E-state index contributed by atoms with van der Waals surface area (Å²) in [4.78, 5) is 11.9. The highest BCUT2D eigenvalue weighted by Crippen LogP contribution is 2.32. The molecular formula is C18H25F3N2O3S. The van der Waals surface area contributed by atoms with Crippen LogP contribution >= 0.6 is 0 Å². The molecule has 1 aromatic carbocycles. The second kappa shape index (κ2) is 8.10. The maximum absolute atomic E-state index is 13.2. The van der Waals surface area contributed by atoms with Gasteiger partial charge in [-0.05, 0) is 66.7 Å². The lowest BCUT2D eigenvalue weighted by Crippen LogP contribution is -2.27. The highest BCUT2D eigenvalue weighted by molar-refractivity contribution is 7.91. The van der Waals surface area contributed by atoms with Crippen LogP contribution in [-0.4, -0.2) is 26.7 Å². The number of ether oxygens (including phenoxy) is 1. The molecular weight excluding hydrogens is 381 g/mol. The maximum atomic E-state index is 13.2. The van der Waals surface area contributed by atoms with Crippen LogP contribution < -0.4 is 5.32 Å². The van der Waals surface area contributed by atoms with Crippen molar-refractivity contribution in [1.29, 1.82) is 0 Å². The SMILES string of the molecule is CC(=N[S+]([O-])C(C)(C)C)c1cc(NC(=O)OC(C)(C)C)cc(C(F)(F)F)c1. The maximum Gasteiger partial charge on any atom is 0.416 e. The molecule has 5 nitrogen and oxygen atoms in total. The number of halogens is 3. The molecule has 0 radical (unpaired) electrons. The predicted octanol–water partition coefficient (Wildman–Crippen LogP) is 5.32. The summed E-state index contributed by atoms with van der Waals surface area (Å²) >= 11 is -1.63. The molecule has 0 heterocycles. The van der Waals surface area contributed by atoms with E-state index in [0.29, 0.717) is 0 Å². The van der Waals surface area contributed by atoms with E-state index in [0.717, 1.165) is 12.1 Å². The molecule has 0 saturated carbocycles. The minimum absolute atomic E-state index is 0.0924. The molecule has 1 N–H and O–H groups in total. The zero-order valence-corrected chi connectivity index (χ0v) is 17.3. The first-order valence-corrected chi connectivity index (χ1v) is 9.30. The summed E-state index contributed by atoms with van der Waals surface area (Å²) in [5.41, 5.74) is -1.57. The number of amides is 1. The van der Waals surface area contributed by atoms with Crippen LogP contribution in [0, 0.1) is 0 Å². The van der Waals surface area contributed by atoms with Crippen LogP contribution in [0.3, 0.4) is 0 Å². The van der Waals surface area contributed by atoms with E-state index in [1.807, 2.05) is 0 Å². The number of alkyl halides is 3. The first kappa shape index (κ1) is 23.3. The molecule has 1 atom stereocenters. The van der Waals surface area contributed by atoms with Gasteiger partial charge >= 0.3 is 12.3 Å². The number of hydrogen-bond acceptors (Lipinski definition) is 4. The number of nitrogens with one attached hydrogen (secondary N) is 1. The van der Waals surface area contributed by atoms with E-state index in [1.54, 1.807) is 41.5 Å². The predicted molar refractivity (Wildman–Crippen MR) is 101 cm³/mol. The fourth-order valence-corrected chi connectivity index (χ4v) is 2.44. The second-order valence-electron chi connectivity index (χ2n) is 7.96. The molecule has 0 fully saturated rings. The number of anilines is 1. The van der Waals surface area contributed by atoms with Gasteiger partial charge in [0.05, 0.1) is 11.3 Å². The van der Waals surface area contributed by atoms with Crippen molar-refractivity contribution >= 4 is 28.9 Å². The molecule has 0 saturated heterocycles. The van der Waals surface area contributed by atoms with Crippen LogP contribution in [0.15, 0.2) is 22.6 Å². The Balaban J connectivity index is 3.29. The molecule has 9 heteroatoms. The molecule has 27 heavy (non-hydrogen) atoms. The molecule has 0 aliphatic carbocycles. The quantitative estimate of drug-likeness (QED) is 0.545. The fraction of sp³-hybridized carbons (Fsp3) is 0.556. The second-order valence-corrected chi connectivity index (χ2v) is 9.87. The number of carbonyl (C=O) groups excluding carboxylic acids is 1. The number of carbonyl (C=O) groups is 1. The molecule has 0 aromatic heterocycles. The normalized spacial score (nSPS) is 14.7. The van der Waals surface area contributed by atoms with Gasteiger partial charge in [0.1, 0.15) is 21.7 Å². The Labute approximate surface area is 160 Å². The van der Waals surface area contributed by atoms with Gasteiger partial charge in [0.2, 0.25) is 0 Å². The summed E-state index contributed by atoms with van der Waals surface area (Å²) in [7, 11) is 0. The van der Waals surface area contributed by atoms with E-state index < -0.39 is 39.5 Å². The molecule has 1 amide bonds. The first-order chi connectivity index (χ1) is 12.0. The molecule has 1 aromatic rings. The molecule has 1 unspecified atom stereocenters. The Bertz CT molecular complexity index is 720. The average molecular weight is 406 g/mol. The minimum atomic E-state index is -4.62. The third kappa shape index (κ3) is 7.80. The van der Waals surface area contributed by atoms with Crippen molar-refractivity contribution in [3.05, 3.63) is 29.3 Å². The lowest BCUT2D eigenvalue weighted by molar-refractivity contribution is -0.137. The van der Waals surface area contributed by atoms with E-state index in [9.17, 15) is 22.5 Å². The molecule has 1 rings (SSSR count). The lowest BCUT2D eigenvalue weighted by Gasteiger charge is -2.21. The Morgan fingerprint density at radius 3 is 2.11 bits per heavy atom. The third-order valence-electron chi connectivity index (χ3n) is 3.07. The number of benzene rings is 1. The highest BCUT2D eigenvalue weighted by Gasteiger charge is 2.32. The largest absolute Gasteiger partial charge is 0.591 e. The van der Waals surface area contributed by atoms with Crippen molar-refractivity contribution in [1.82, 2.24) is 0 Å². The van der Waals surface area contributed by atoms with Crippen molar-refractivity contribution in [2.75, 3.05) is 5.32 Å². The Morgan fingerprint density at radius 1 is 1.11 bits per heavy atom. The van der Waals surface area contributed by atoms with Crippen LogP contribution in [-0.2, 0) is 22.3 Å². The summed E-state index contributed by atoms with van der Waals surface area (Å²) in [6, 6.07) is 3.04. The molecule has 0 spiro atoms. The first-order valence-electron chi connectivity index (χ1n) is 8.19. The molecule has 152 valence electrons. The van der Waals surface area contributed by atoms with E-state index in [-0.39, 0.29) is 17.0 Å². The van der Waals surface area contributed by atoms with Crippen molar-refractivity contribution in [3.8, 4) is 0 Å². The van der Waals surface area contributed by atoms with Gasteiger partial charge in [-0.15, -0.1) is 0 Å². The van der Waals surface area contributed by atoms with E-state index in [1.165, 1.54) is 13.0 Å². The van der Waals surface area contributed by atoms with E-state index in [4.69, 9.17) is 4.74 Å². The zero-order valence-electron chi connectivity index (χ0n) is 16.4. The van der Waals surface area contributed by atoms with Crippen molar-refractivity contribution in [2.45, 2.75) is 65.0 Å². The van der Waals surface area contributed by atoms with Crippen molar-refractivity contribution in [3.63, 3.8) is 0 Å². The number of rotatable bonds is 3. The van der Waals surface area contributed by atoms with Crippen LogP contribution in [0.2, 0.25) is 0 Å². The summed E-state index contributed by atoms with van der Waals surface area (Å²) < 4.78 is 60.3. The van der Waals surface area contributed by atoms with Gasteiger partial charge in [-0.1, -0.05) is 4.40 Å². The Morgan fingerprint density at radius 2 is 1.67 bits per heavy atom. The monoisotopic (exact) mass is 406 g/mol. The summed E-state index contributed by atoms with van der Waals surface area (Å²) in [6.45, 7) is 11.5. The summed E-state index contributed by atoms with van der Waals surface area (Å²) in [5, 5.41) is 2.30. The Kier molecular flexibility index (Phi) is 6.99. The third-order valence-corrected chi connectivity index (χ3v) is 4.55. The lowest BCUT2D eigenvalue weighted by atomic mass is 10.1. The van der Waals surface area contributed by atoms with Gasteiger partial charge in [-0.2, -0.15) is 13.2 Å². The van der Waals surface area contributed by atoms with Crippen LogP contribution in [0.5, 0.6) is 0 Å². The summed E-state index contributed by atoms with van der Waals surface area (Å²) in [5.74, 6) is 0. The molecule has 0 bridgehead atoms. The topological polar surface area (TPSA) is 73.8 Å². The van der Waals surface area contributed by atoms with E-state index >= 15 is 0 Å². The van der Waals surface area contributed by atoms with Gasteiger partial charge in [0, 0.05) is 11.3 Å². The number of nitrogens with zero attached hydrogens (tertiary/aromatic N) is 1. The van der Waals surface area contributed by atoms with Crippen LogP contribution in [0.25, 0.3) is 0 Å². The van der Waals surface area contributed by atoms with Crippen LogP contribution in [0.4, 0.5) is 23.7 Å². The highest BCUT2D eigenvalue weighted by atomic mass is 32.2. The Hall–Kier alpha value is -1.74. The van der Waals surface area contributed by atoms with Gasteiger partial charge in [-0.25, -0.2) is 4.79 Å². The minimum Gasteiger partial charge on any atom is -0.591 e. The van der Waals surface area contributed by atoms with Gasteiger partial charge in [0.25, 0.3) is 0 Å². The van der Waals surface area contributed by atoms with Gasteiger partial charge in [-0.3, -0.25) is 5.32 Å². The standard InChI is InChI=1S/C18H25F3N2O3S/c1-11(23-27(25)17(5,6)7)12-8-13(18(19,20)21)10-14(9-12)22-15(24)26-16(2,3)4/h8-10H,1-7H3,(H,22,24). The smallest absolute Gasteiger partial charge is 0.416 e. The van der Waals surface area contributed by atoms with Crippen LogP contribution in [0.1, 0.15) is 59.6 Å². The zero-order chi connectivity index (χ0) is 21.2. The molecule has 0 aliphatic heterocycles. The van der Waals surface area contributed by atoms with Gasteiger partial charge in [0.15, 0.2) is 0 Å². The van der Waals surface area contributed by atoms with E-state index in [2.05, 4.69) is 9.71 Å². The fourth-order valence-electron chi connectivity index (χ4n) is 1.81. The average Bonchev–Trinajstić information content (AvgIpc) is 2.42.